The molecule has 0 radical (unpaired) electrons. The van der Waals surface area contributed by atoms with E-state index in [0.717, 1.165) is 49.7 Å². The van der Waals surface area contributed by atoms with Gasteiger partial charge in [-0.25, -0.2) is 0 Å². The third-order valence-corrected chi connectivity index (χ3v) is 23.8. The summed E-state index contributed by atoms with van der Waals surface area (Å²) in [6.45, 7) is 31.9. The van der Waals surface area contributed by atoms with Crippen LogP contribution in [-0.4, -0.2) is 123 Å². The Morgan fingerprint density at radius 3 is 2.09 bits per heavy atom. The van der Waals surface area contributed by atoms with E-state index in [1.165, 1.54) is 12.0 Å². The van der Waals surface area contributed by atoms with Crippen molar-refractivity contribution in [2.24, 2.45) is 73.6 Å². The van der Waals surface area contributed by atoms with Gasteiger partial charge in [0.15, 0.2) is 12.6 Å². The number of methoxy groups -OCH3 is 2. The van der Waals surface area contributed by atoms with Crippen molar-refractivity contribution in [1.82, 2.24) is 0 Å². The van der Waals surface area contributed by atoms with Gasteiger partial charge in [-0.15, -0.1) is 0 Å². The van der Waals surface area contributed by atoms with E-state index in [1.807, 2.05) is 102 Å². The molecule has 3 saturated heterocycles. The van der Waals surface area contributed by atoms with Crippen LogP contribution in [0, 0.1) is 68.5 Å². The Kier molecular flexibility index (Phi) is 19.3. The Balaban J connectivity index is 0.970. The molecule has 1 N–H and O–H groups in total. The molecular formula is C70H105N3O13. The first kappa shape index (κ1) is 65.5. The number of hydrogen-bond acceptors (Lipinski definition) is 14. The van der Waals surface area contributed by atoms with Crippen molar-refractivity contribution in [3.05, 3.63) is 93.9 Å². The Morgan fingerprint density at radius 1 is 0.767 bits per heavy atom. The van der Waals surface area contributed by atoms with Gasteiger partial charge in [-0.2, -0.15) is 0 Å². The maximum absolute atomic E-state index is 16.4. The molecule has 478 valence electrons. The highest BCUT2D eigenvalue weighted by molar-refractivity contribution is 5.80. The second-order valence-electron chi connectivity index (χ2n) is 30.4. The molecular weight excluding hydrogens is 1090 g/mol. The standard InChI is InChI=1S/C70H105N3O13/c1-41-37-80-60(44(4)56(41)79-39-47-25-21-18-22-26-47)84-58-45(5)81-62(59(55(58)74)86-64(6,7)8)83-57-43(3)54(72-73-71)50(40-78-38-46-23-19-17-20-24-46)82-61(57)85-63(75)70-34-33-65(9,10)35-49(70)48-27-28-51-66(11)31-29-42(2)69(14,77-16)52(66)30-32-67(51,12)68(48,13)36-53(70)76-15/h17-27,41-45,49-62,74H,28-40H2,1-16H3/t41-,42+,43?,44?,45?,49?,50?,51?,52-,53?,54-,55?,56?,57?,58+,59?,60+,61+,62+,66?,67+,68-,69+,70-/m1/s1. The molecule has 3 heterocycles. The average Bonchev–Trinajstić information content (AvgIpc) is 0.687. The van der Waals surface area contributed by atoms with E-state index >= 15 is 4.79 Å². The zero-order chi connectivity index (χ0) is 61.9. The summed E-state index contributed by atoms with van der Waals surface area (Å²) in [5.41, 5.74) is 11.2. The number of rotatable bonds is 17. The SMILES string of the molecule is COC1C[C@]2(C)C(=CCC3C4(C)CC[C@H](C)[C@](C)(OC)[C@@H]4CC[C@@]32C)C2CC(C)(C)CC[C@]12C(=O)O[C@@H]1OC(COCc2ccccc2)[C@H](N=[N+]=[N-])C(C)C1O[C@@H]1OC(C)[C@H](O[C@@H]2OC[C@@H](C)C(OCc3ccccc3)C2C)C(O)C1OC(C)(C)C. The normalized spacial score (nSPS) is 44.8. The molecule has 0 aromatic heterocycles. The van der Waals surface area contributed by atoms with E-state index < -0.39 is 90.5 Å². The molecule has 0 amide bonds. The average molecular weight is 1200 g/mol. The van der Waals surface area contributed by atoms with Crippen molar-refractivity contribution in [3.8, 4) is 0 Å². The highest BCUT2D eigenvalue weighted by Gasteiger charge is 2.72. The molecule has 16 nitrogen and oxygen atoms in total. The third kappa shape index (κ3) is 11.9. The fraction of sp³-hybridized carbons (Fsp3) is 0.786. The van der Waals surface area contributed by atoms with Crippen LogP contribution in [-0.2, 0) is 70.1 Å². The number of benzene rings is 2. The molecule has 2 aromatic carbocycles. The second kappa shape index (κ2) is 25.3. The summed E-state index contributed by atoms with van der Waals surface area (Å²) in [5.74, 6) is -0.0191. The highest BCUT2D eigenvalue weighted by Crippen LogP contribution is 2.76. The number of carbonyl (C=O) groups excluding carboxylic acids is 1. The van der Waals surface area contributed by atoms with E-state index in [0.29, 0.717) is 43.8 Å². The van der Waals surface area contributed by atoms with E-state index in [-0.39, 0.29) is 64.3 Å². The zero-order valence-electron chi connectivity index (χ0n) is 54.7. The highest BCUT2D eigenvalue weighted by atomic mass is 16.8. The van der Waals surface area contributed by atoms with Crippen LogP contribution in [0.2, 0.25) is 0 Å². The molecule has 0 bridgehead atoms. The van der Waals surface area contributed by atoms with Crippen molar-refractivity contribution in [2.45, 2.75) is 253 Å². The van der Waals surface area contributed by atoms with Crippen molar-refractivity contribution in [2.75, 3.05) is 27.4 Å². The number of aliphatic hydroxyl groups is 1. The minimum atomic E-state index is -1.35. The van der Waals surface area contributed by atoms with Crippen molar-refractivity contribution < 1.29 is 62.0 Å². The maximum atomic E-state index is 16.4. The van der Waals surface area contributed by atoms with E-state index in [9.17, 15) is 10.6 Å². The minimum absolute atomic E-state index is 0.0304. The molecule has 5 aliphatic carbocycles. The Bertz CT molecular complexity index is 2720. The molecule has 16 heteroatoms. The molecule has 8 aliphatic rings. The first-order valence-corrected chi connectivity index (χ1v) is 32.6. The summed E-state index contributed by atoms with van der Waals surface area (Å²) < 4.78 is 74.4. The minimum Gasteiger partial charge on any atom is -0.432 e. The number of esters is 1. The lowest BCUT2D eigenvalue weighted by Gasteiger charge is -2.72. The number of azide groups is 1. The lowest BCUT2D eigenvalue weighted by atomic mass is 9.33. The number of allylic oxidation sites excluding steroid dienone is 2. The van der Waals surface area contributed by atoms with Crippen LogP contribution in [0.3, 0.4) is 0 Å². The summed E-state index contributed by atoms with van der Waals surface area (Å²) in [4.78, 5) is 19.8. The molecule has 7 fully saturated rings. The Hall–Kier alpha value is -3.48. The lowest BCUT2D eigenvalue weighted by molar-refractivity contribution is -0.374. The monoisotopic (exact) mass is 1200 g/mol. The molecule has 10 rings (SSSR count). The van der Waals surface area contributed by atoms with E-state index in [1.54, 1.807) is 7.11 Å². The van der Waals surface area contributed by atoms with Crippen molar-refractivity contribution in [3.63, 3.8) is 0 Å². The molecule has 4 saturated carbocycles. The molecule has 2 aromatic rings. The second-order valence-corrected chi connectivity index (χ2v) is 30.4. The Labute approximate surface area is 513 Å². The molecule has 3 aliphatic heterocycles. The van der Waals surface area contributed by atoms with Crippen LogP contribution >= 0.6 is 0 Å². The summed E-state index contributed by atoms with van der Waals surface area (Å²) in [6.07, 6.45) is 0.757. The van der Waals surface area contributed by atoms with Gasteiger partial charge in [-0.3, -0.25) is 4.79 Å². The van der Waals surface area contributed by atoms with Gasteiger partial charge in [0.1, 0.15) is 29.8 Å². The number of fused-ring (bicyclic) bond motifs is 7. The van der Waals surface area contributed by atoms with Gasteiger partial charge in [-0.05, 0) is 160 Å². The van der Waals surface area contributed by atoms with Gasteiger partial charge in [0, 0.05) is 31.0 Å². The van der Waals surface area contributed by atoms with Gasteiger partial charge in [0.25, 0.3) is 0 Å². The van der Waals surface area contributed by atoms with Crippen molar-refractivity contribution >= 4 is 5.97 Å². The van der Waals surface area contributed by atoms with Gasteiger partial charge in [0.05, 0.1) is 68.1 Å². The number of aliphatic hydroxyl groups excluding tert-OH is 1. The summed E-state index contributed by atoms with van der Waals surface area (Å²) in [7, 11) is 3.69. The van der Waals surface area contributed by atoms with Crippen LogP contribution in [0.1, 0.15) is 166 Å². The van der Waals surface area contributed by atoms with Crippen LogP contribution < -0.4 is 0 Å². The van der Waals surface area contributed by atoms with Crippen LogP contribution in [0.25, 0.3) is 10.4 Å². The number of ether oxygens (including phenoxy) is 11. The van der Waals surface area contributed by atoms with Crippen LogP contribution in [0.5, 0.6) is 0 Å². The molecule has 0 spiro atoms. The van der Waals surface area contributed by atoms with E-state index in [2.05, 4.69) is 78.4 Å². The van der Waals surface area contributed by atoms with Crippen LogP contribution in [0.15, 0.2) is 77.4 Å². The van der Waals surface area contributed by atoms with Gasteiger partial charge in [-0.1, -0.05) is 140 Å². The number of hydrogen-bond donors (Lipinski definition) is 1. The smallest absolute Gasteiger partial charge is 0.317 e. The third-order valence-electron chi connectivity index (χ3n) is 23.8. The quantitative estimate of drug-likeness (QED) is 0.0519. The number of nitrogens with zero attached hydrogens (tertiary/aromatic N) is 3. The van der Waals surface area contributed by atoms with Gasteiger partial charge < -0.3 is 57.2 Å². The fourth-order valence-electron chi connectivity index (χ4n) is 18.5. The summed E-state index contributed by atoms with van der Waals surface area (Å²) in [5, 5.41) is 17.0. The summed E-state index contributed by atoms with van der Waals surface area (Å²) >= 11 is 0. The Morgan fingerprint density at radius 2 is 1.44 bits per heavy atom. The molecule has 24 atom stereocenters. The predicted octanol–water partition coefficient (Wildman–Crippen LogP) is 13.5. The van der Waals surface area contributed by atoms with Gasteiger partial charge in [0.2, 0.25) is 6.29 Å². The topological polar surface area (TPSA) is 188 Å². The summed E-state index contributed by atoms with van der Waals surface area (Å²) in [6, 6.07) is 19.1. The van der Waals surface area contributed by atoms with Crippen molar-refractivity contribution in [1.29, 1.82) is 0 Å². The van der Waals surface area contributed by atoms with Gasteiger partial charge >= 0.3 is 5.97 Å². The number of carbonyl (C=O) groups is 1. The lowest BCUT2D eigenvalue weighted by Crippen LogP contribution is -2.69. The maximum Gasteiger partial charge on any atom is 0.317 e. The first-order valence-electron chi connectivity index (χ1n) is 32.6. The first-order chi connectivity index (χ1) is 40.7. The van der Waals surface area contributed by atoms with E-state index in [4.69, 9.17) is 52.1 Å². The fourth-order valence-corrected chi connectivity index (χ4v) is 18.5. The zero-order valence-corrected chi connectivity index (χ0v) is 54.7. The largest absolute Gasteiger partial charge is 0.432 e. The predicted molar refractivity (Wildman–Crippen MR) is 327 cm³/mol. The van der Waals surface area contributed by atoms with Crippen LogP contribution in [0.4, 0.5) is 0 Å². The molecule has 86 heavy (non-hydrogen) atoms. The molecule has 12 unspecified atom stereocenters.